The predicted molar refractivity (Wildman–Crippen MR) is 122 cm³/mol. The number of alkyl halides is 2. The van der Waals surface area contributed by atoms with Crippen molar-refractivity contribution in [3.8, 4) is 22.6 Å². The molecule has 0 atom stereocenters. The number of hydrogen-bond acceptors (Lipinski definition) is 5. The van der Waals surface area contributed by atoms with Crippen LogP contribution in [-0.4, -0.2) is 35.7 Å². The number of nitrogens with zero attached hydrogens (tertiary/aromatic N) is 6. The van der Waals surface area contributed by atoms with Crippen LogP contribution in [0.15, 0.2) is 59.8 Å². The topological polar surface area (TPSA) is 79.8 Å². The van der Waals surface area contributed by atoms with Gasteiger partial charge in [0.15, 0.2) is 5.65 Å². The fourth-order valence-electron chi connectivity index (χ4n) is 4.27. The zero-order chi connectivity index (χ0) is 23.4. The van der Waals surface area contributed by atoms with Gasteiger partial charge in [0.2, 0.25) is 0 Å². The second-order valence-electron chi connectivity index (χ2n) is 8.55. The van der Waals surface area contributed by atoms with Gasteiger partial charge in [-0.15, -0.1) is 5.10 Å². The van der Waals surface area contributed by atoms with Crippen molar-refractivity contribution in [3.05, 3.63) is 65.3 Å². The quantitative estimate of drug-likeness (QED) is 0.379. The van der Waals surface area contributed by atoms with E-state index in [0.29, 0.717) is 33.9 Å². The molecule has 3 heterocycles. The van der Waals surface area contributed by atoms with E-state index in [9.17, 15) is 13.6 Å². The van der Waals surface area contributed by atoms with E-state index in [1.165, 1.54) is 16.8 Å². The van der Waals surface area contributed by atoms with E-state index in [1.54, 1.807) is 29.2 Å². The molecule has 0 saturated heterocycles. The van der Waals surface area contributed by atoms with E-state index in [1.807, 2.05) is 29.9 Å². The summed E-state index contributed by atoms with van der Waals surface area (Å²) in [7, 11) is 1.84. The minimum atomic E-state index is -2.92. The van der Waals surface area contributed by atoms with Gasteiger partial charge in [0, 0.05) is 25.2 Å². The highest BCUT2D eigenvalue weighted by molar-refractivity contribution is 5.90. The van der Waals surface area contributed by atoms with Crippen LogP contribution in [0.3, 0.4) is 0 Å². The Hall–Kier alpha value is -4.08. The van der Waals surface area contributed by atoms with E-state index in [2.05, 4.69) is 19.9 Å². The zero-order valence-corrected chi connectivity index (χ0v) is 18.2. The molecule has 34 heavy (non-hydrogen) atoms. The van der Waals surface area contributed by atoms with Crippen molar-refractivity contribution in [1.82, 2.24) is 29.1 Å². The van der Waals surface area contributed by atoms with Gasteiger partial charge >= 0.3 is 6.61 Å². The van der Waals surface area contributed by atoms with Crippen molar-refractivity contribution in [2.45, 2.75) is 26.0 Å². The molecule has 0 N–H and O–H groups in total. The van der Waals surface area contributed by atoms with Crippen LogP contribution in [0.4, 0.5) is 8.78 Å². The highest BCUT2D eigenvalue weighted by Gasteiger charge is 2.25. The monoisotopic (exact) mass is 462 g/mol. The predicted octanol–water partition coefficient (Wildman–Crippen LogP) is 4.15. The molecule has 0 amide bonds. The lowest BCUT2D eigenvalue weighted by molar-refractivity contribution is -0.0498. The van der Waals surface area contributed by atoms with Gasteiger partial charge < -0.3 is 9.30 Å². The second kappa shape index (κ2) is 7.75. The molecule has 1 aliphatic rings. The van der Waals surface area contributed by atoms with Crippen molar-refractivity contribution in [1.29, 1.82) is 0 Å². The van der Waals surface area contributed by atoms with Crippen LogP contribution in [0.25, 0.3) is 38.9 Å². The number of ether oxygens (including phenoxy) is 1. The molecule has 0 bridgehead atoms. The van der Waals surface area contributed by atoms with Gasteiger partial charge in [0.25, 0.3) is 5.56 Å². The summed E-state index contributed by atoms with van der Waals surface area (Å²) in [6.45, 7) is -2.17. The van der Waals surface area contributed by atoms with Gasteiger partial charge in [-0.05, 0) is 54.7 Å². The maximum absolute atomic E-state index is 13.8. The molecular weight excluding hydrogens is 442 g/mol. The van der Waals surface area contributed by atoms with E-state index < -0.39 is 6.61 Å². The van der Waals surface area contributed by atoms with Crippen LogP contribution in [0, 0.1) is 5.92 Å². The Morgan fingerprint density at radius 2 is 1.91 bits per heavy atom. The molecule has 10 heteroatoms. The summed E-state index contributed by atoms with van der Waals surface area (Å²) in [6, 6.07) is 11.6. The van der Waals surface area contributed by atoms with Crippen LogP contribution in [0.5, 0.6) is 5.75 Å². The van der Waals surface area contributed by atoms with Crippen LogP contribution < -0.4 is 10.3 Å². The van der Waals surface area contributed by atoms with Crippen molar-refractivity contribution >= 4 is 22.1 Å². The average Bonchev–Trinajstić information content (AvgIpc) is 3.42. The number of aryl methyl sites for hydroxylation is 1. The standard InChI is InChI=1S/C24H20F2N6O2/c1-30-12-16-10-17(6-9-19(16)28-30)32-23(33)20(15-4-7-18(8-5-15)34-24(25)26)21-22(29-32)27-13-31(21)11-14-2-3-14/h4-10,12-14,24H,2-3,11H2,1H3. The summed E-state index contributed by atoms with van der Waals surface area (Å²) in [5, 5.41) is 9.83. The molecule has 3 aromatic heterocycles. The molecular formula is C24H20F2N6O2. The average molecular weight is 462 g/mol. The molecule has 1 aliphatic carbocycles. The Kier molecular flexibility index (Phi) is 4.68. The van der Waals surface area contributed by atoms with E-state index in [-0.39, 0.29) is 11.3 Å². The van der Waals surface area contributed by atoms with Crippen LogP contribution in [0.2, 0.25) is 0 Å². The van der Waals surface area contributed by atoms with Crippen LogP contribution in [-0.2, 0) is 13.6 Å². The molecule has 172 valence electrons. The zero-order valence-electron chi connectivity index (χ0n) is 18.2. The highest BCUT2D eigenvalue weighted by Crippen LogP contribution is 2.33. The number of imidazole rings is 1. The van der Waals surface area contributed by atoms with Crippen molar-refractivity contribution < 1.29 is 13.5 Å². The lowest BCUT2D eigenvalue weighted by Crippen LogP contribution is -2.24. The van der Waals surface area contributed by atoms with Crippen molar-refractivity contribution in [2.75, 3.05) is 0 Å². The van der Waals surface area contributed by atoms with Gasteiger partial charge in [0.05, 0.1) is 23.1 Å². The Bertz CT molecular complexity index is 1580. The molecule has 0 unspecified atom stereocenters. The minimum absolute atomic E-state index is 0.0258. The number of fused-ring (bicyclic) bond motifs is 2. The van der Waals surface area contributed by atoms with E-state index in [0.717, 1.165) is 30.3 Å². The summed E-state index contributed by atoms with van der Waals surface area (Å²) in [5.74, 6) is 0.584. The first kappa shape index (κ1) is 20.5. The van der Waals surface area contributed by atoms with Gasteiger partial charge in [-0.2, -0.15) is 18.6 Å². The van der Waals surface area contributed by atoms with Crippen molar-refractivity contribution in [2.24, 2.45) is 13.0 Å². The molecule has 5 aromatic rings. The summed E-state index contributed by atoms with van der Waals surface area (Å²) >= 11 is 0. The Morgan fingerprint density at radius 1 is 1.12 bits per heavy atom. The fraction of sp³-hybridized carbons (Fsp3) is 0.250. The SMILES string of the molecule is Cn1cc2cc(-n3nc4ncn(CC5CC5)c4c(-c4ccc(OC(F)F)cc4)c3=O)ccc2n1. The third-order valence-electron chi connectivity index (χ3n) is 6.02. The molecule has 6 rings (SSSR count). The number of aromatic nitrogens is 6. The summed E-state index contributed by atoms with van der Waals surface area (Å²) in [5.41, 5.74) is 3.14. The number of rotatable bonds is 6. The Labute approximate surface area is 192 Å². The van der Waals surface area contributed by atoms with E-state index >= 15 is 0 Å². The molecule has 0 radical (unpaired) electrons. The smallest absolute Gasteiger partial charge is 0.387 e. The lowest BCUT2D eigenvalue weighted by Gasteiger charge is -2.12. The van der Waals surface area contributed by atoms with Crippen LogP contribution >= 0.6 is 0 Å². The Balaban J connectivity index is 1.56. The first-order chi connectivity index (χ1) is 16.5. The van der Waals surface area contributed by atoms with Crippen molar-refractivity contribution in [3.63, 3.8) is 0 Å². The number of halogens is 2. The largest absolute Gasteiger partial charge is 0.435 e. The van der Waals surface area contributed by atoms with E-state index in [4.69, 9.17) is 0 Å². The molecule has 2 aromatic carbocycles. The molecule has 1 saturated carbocycles. The summed E-state index contributed by atoms with van der Waals surface area (Å²) in [6.07, 6.45) is 5.87. The molecule has 0 spiro atoms. The van der Waals surface area contributed by atoms with Gasteiger partial charge in [0.1, 0.15) is 11.3 Å². The first-order valence-corrected chi connectivity index (χ1v) is 10.9. The number of benzene rings is 2. The third kappa shape index (κ3) is 3.60. The maximum Gasteiger partial charge on any atom is 0.387 e. The van der Waals surface area contributed by atoms with Gasteiger partial charge in [-0.1, -0.05) is 12.1 Å². The summed E-state index contributed by atoms with van der Waals surface area (Å²) in [4.78, 5) is 18.3. The molecule has 0 aliphatic heterocycles. The Morgan fingerprint density at radius 3 is 2.65 bits per heavy atom. The molecule has 8 nitrogen and oxygen atoms in total. The number of hydrogen-bond donors (Lipinski definition) is 0. The maximum atomic E-state index is 13.8. The third-order valence-corrected chi connectivity index (χ3v) is 6.02. The fourth-order valence-corrected chi connectivity index (χ4v) is 4.27. The highest BCUT2D eigenvalue weighted by atomic mass is 19.3. The normalized spacial score (nSPS) is 13.9. The summed E-state index contributed by atoms with van der Waals surface area (Å²) < 4.78 is 34.7. The van der Waals surface area contributed by atoms with Gasteiger partial charge in [-0.3, -0.25) is 9.48 Å². The van der Waals surface area contributed by atoms with Crippen LogP contribution in [0.1, 0.15) is 12.8 Å². The second-order valence-corrected chi connectivity index (χ2v) is 8.55. The van der Waals surface area contributed by atoms with Gasteiger partial charge in [-0.25, -0.2) is 4.98 Å². The lowest BCUT2D eigenvalue weighted by atomic mass is 10.1. The first-order valence-electron chi connectivity index (χ1n) is 10.9. The minimum Gasteiger partial charge on any atom is -0.435 e. The molecule has 1 fully saturated rings.